The smallest absolute Gasteiger partial charge is 0.174 e. The van der Waals surface area contributed by atoms with Crippen molar-refractivity contribution in [1.29, 1.82) is 0 Å². The largest absolute Gasteiger partial charge is 0.393 e. The quantitative estimate of drug-likeness (QED) is 0.680. The number of aliphatic hydroxyl groups excluding tert-OH is 1. The number of fused-ring (bicyclic) bond motifs is 6. The molecule has 5 aliphatic rings. The molecule has 1 aliphatic heterocycles. The molecule has 3 heteroatoms. The summed E-state index contributed by atoms with van der Waals surface area (Å²) in [5, 5.41) is 10.1. The lowest BCUT2D eigenvalue weighted by Crippen LogP contribution is -2.55. The zero-order valence-electron chi connectivity index (χ0n) is 15.2. The molecular weight excluding hydrogens is 300 g/mol. The highest BCUT2D eigenvalue weighted by molar-refractivity contribution is 5.26. The average Bonchev–Trinajstić information content (AvgIpc) is 3.15. The molecule has 24 heavy (non-hydrogen) atoms. The van der Waals surface area contributed by atoms with Gasteiger partial charge in [-0.05, 0) is 68.1 Å². The van der Waals surface area contributed by atoms with E-state index in [4.69, 9.17) is 9.47 Å². The monoisotopic (exact) mass is 332 g/mol. The number of rotatable bonds is 0. The van der Waals surface area contributed by atoms with E-state index in [0.717, 1.165) is 50.2 Å². The molecule has 4 aliphatic carbocycles. The van der Waals surface area contributed by atoms with Crippen LogP contribution in [0.3, 0.4) is 0 Å². The maximum absolute atomic E-state index is 10.1. The fourth-order valence-electron chi connectivity index (χ4n) is 7.53. The van der Waals surface area contributed by atoms with E-state index in [0.29, 0.717) is 5.41 Å². The number of aliphatic hydroxyl groups is 1. The molecule has 1 saturated heterocycles. The minimum atomic E-state index is -0.281. The fourth-order valence-corrected chi connectivity index (χ4v) is 7.53. The highest BCUT2D eigenvalue weighted by Crippen LogP contribution is 2.68. The molecule has 1 heterocycles. The van der Waals surface area contributed by atoms with Crippen LogP contribution in [-0.4, -0.2) is 30.2 Å². The first-order valence-electron chi connectivity index (χ1n) is 10.1. The van der Waals surface area contributed by atoms with Gasteiger partial charge in [-0.25, -0.2) is 0 Å². The van der Waals surface area contributed by atoms with Crippen LogP contribution in [0.1, 0.15) is 65.2 Å². The summed E-state index contributed by atoms with van der Waals surface area (Å²) >= 11 is 0. The van der Waals surface area contributed by atoms with Crippen LogP contribution >= 0.6 is 0 Å². The summed E-state index contributed by atoms with van der Waals surface area (Å²) in [5.74, 6) is 2.02. The normalized spacial score (nSPS) is 52.5. The third kappa shape index (κ3) is 1.84. The summed E-state index contributed by atoms with van der Waals surface area (Å²) in [7, 11) is 0. The van der Waals surface area contributed by atoms with Crippen LogP contribution in [0.4, 0.5) is 0 Å². The van der Waals surface area contributed by atoms with Gasteiger partial charge in [0.25, 0.3) is 0 Å². The van der Waals surface area contributed by atoms with Crippen LogP contribution in [0.15, 0.2) is 11.6 Å². The lowest BCUT2D eigenvalue weighted by Gasteiger charge is -2.58. The van der Waals surface area contributed by atoms with Crippen LogP contribution < -0.4 is 0 Å². The molecule has 3 saturated carbocycles. The van der Waals surface area contributed by atoms with Gasteiger partial charge in [0.2, 0.25) is 0 Å². The van der Waals surface area contributed by atoms with E-state index in [2.05, 4.69) is 19.9 Å². The van der Waals surface area contributed by atoms with E-state index >= 15 is 0 Å². The highest BCUT2D eigenvalue weighted by Gasteiger charge is 2.66. The van der Waals surface area contributed by atoms with Gasteiger partial charge >= 0.3 is 0 Å². The molecule has 6 atom stereocenters. The highest BCUT2D eigenvalue weighted by atomic mass is 16.7. The topological polar surface area (TPSA) is 38.7 Å². The van der Waals surface area contributed by atoms with Crippen molar-refractivity contribution in [2.75, 3.05) is 13.2 Å². The second-order valence-electron chi connectivity index (χ2n) is 9.60. The van der Waals surface area contributed by atoms with Gasteiger partial charge in [0.1, 0.15) is 0 Å². The summed E-state index contributed by atoms with van der Waals surface area (Å²) in [4.78, 5) is 0. The summed E-state index contributed by atoms with van der Waals surface area (Å²) in [6.07, 6.45) is 11.6. The minimum absolute atomic E-state index is 0.107. The number of ether oxygens (including phenoxy) is 2. The minimum Gasteiger partial charge on any atom is -0.393 e. The second-order valence-corrected chi connectivity index (χ2v) is 9.60. The Morgan fingerprint density at radius 3 is 2.54 bits per heavy atom. The molecule has 1 spiro atoms. The molecule has 0 radical (unpaired) electrons. The zero-order chi connectivity index (χ0) is 16.6. The molecule has 3 nitrogen and oxygen atoms in total. The molecule has 0 aromatic heterocycles. The Morgan fingerprint density at radius 1 is 1.00 bits per heavy atom. The van der Waals surface area contributed by atoms with E-state index in [9.17, 15) is 5.11 Å². The third-order valence-corrected chi connectivity index (χ3v) is 8.88. The number of hydrogen-bond acceptors (Lipinski definition) is 3. The first-order valence-corrected chi connectivity index (χ1v) is 10.1. The average molecular weight is 332 g/mol. The Balaban J connectivity index is 1.49. The van der Waals surface area contributed by atoms with Crippen molar-refractivity contribution in [3.8, 4) is 0 Å². The van der Waals surface area contributed by atoms with Gasteiger partial charge in [-0.2, -0.15) is 0 Å². The predicted molar refractivity (Wildman–Crippen MR) is 92.3 cm³/mol. The van der Waals surface area contributed by atoms with Crippen LogP contribution in [-0.2, 0) is 9.47 Å². The maximum atomic E-state index is 10.1. The standard InChI is InChI=1S/C21H32O3/c1-19-8-5-15(22)13-14(19)3-4-16-17(19)6-9-20(2)18(16)7-10-21(20)23-11-12-24-21/h3,15-18,22H,4-13H2,1-2H3/t15-,16-,17+,18+,19+,20+/m1/s1. The van der Waals surface area contributed by atoms with Gasteiger partial charge in [0, 0.05) is 11.8 Å². The van der Waals surface area contributed by atoms with Crippen molar-refractivity contribution in [3.05, 3.63) is 11.6 Å². The van der Waals surface area contributed by atoms with Gasteiger partial charge in [0.05, 0.1) is 19.3 Å². The van der Waals surface area contributed by atoms with Crippen molar-refractivity contribution in [3.63, 3.8) is 0 Å². The lowest BCUT2D eigenvalue weighted by atomic mass is 9.47. The van der Waals surface area contributed by atoms with Crippen LogP contribution in [0.25, 0.3) is 0 Å². The number of allylic oxidation sites excluding steroid dienone is 1. The summed E-state index contributed by atoms with van der Waals surface area (Å²) in [6.45, 7) is 6.50. The molecule has 0 amide bonds. The Morgan fingerprint density at radius 2 is 1.75 bits per heavy atom. The van der Waals surface area contributed by atoms with Crippen molar-refractivity contribution >= 4 is 0 Å². The van der Waals surface area contributed by atoms with Crippen LogP contribution in [0.2, 0.25) is 0 Å². The molecule has 0 aromatic carbocycles. The van der Waals surface area contributed by atoms with Gasteiger partial charge in [-0.15, -0.1) is 0 Å². The Bertz CT molecular complexity index is 563. The third-order valence-electron chi connectivity index (χ3n) is 8.88. The van der Waals surface area contributed by atoms with Crippen molar-refractivity contribution in [2.45, 2.75) is 77.1 Å². The van der Waals surface area contributed by atoms with Crippen LogP contribution in [0.5, 0.6) is 0 Å². The molecule has 4 fully saturated rings. The second kappa shape index (κ2) is 5.08. The first-order chi connectivity index (χ1) is 11.5. The SMILES string of the molecule is C[C@]12CC[C@@H](O)CC1=CC[C@@H]1[C@@H]2CC[C@@]2(C)[C@H]1CCC21OCCO1. The molecule has 0 unspecified atom stereocenters. The van der Waals surface area contributed by atoms with Crippen molar-refractivity contribution in [2.24, 2.45) is 28.6 Å². The molecule has 5 rings (SSSR count). The van der Waals surface area contributed by atoms with E-state index in [1.807, 2.05) is 0 Å². The molecular formula is C21H32O3. The van der Waals surface area contributed by atoms with E-state index in [1.165, 1.54) is 32.1 Å². The Hall–Kier alpha value is -0.380. The van der Waals surface area contributed by atoms with Gasteiger partial charge in [-0.3, -0.25) is 0 Å². The van der Waals surface area contributed by atoms with Crippen molar-refractivity contribution < 1.29 is 14.6 Å². The van der Waals surface area contributed by atoms with Crippen molar-refractivity contribution in [1.82, 2.24) is 0 Å². The molecule has 0 bridgehead atoms. The van der Waals surface area contributed by atoms with E-state index in [1.54, 1.807) is 5.57 Å². The first kappa shape index (κ1) is 15.8. The number of hydrogen-bond donors (Lipinski definition) is 1. The molecule has 0 aromatic rings. The summed E-state index contributed by atoms with van der Waals surface area (Å²) < 4.78 is 12.5. The van der Waals surface area contributed by atoms with Gasteiger partial charge in [-0.1, -0.05) is 25.5 Å². The Labute approximate surface area is 145 Å². The summed E-state index contributed by atoms with van der Waals surface area (Å²) in [6, 6.07) is 0. The van der Waals surface area contributed by atoms with E-state index < -0.39 is 0 Å². The Kier molecular flexibility index (Phi) is 3.35. The van der Waals surface area contributed by atoms with E-state index in [-0.39, 0.29) is 17.3 Å². The molecule has 134 valence electrons. The molecule has 1 N–H and O–H groups in total. The lowest BCUT2D eigenvalue weighted by molar-refractivity contribution is -0.242. The van der Waals surface area contributed by atoms with Crippen LogP contribution in [0, 0.1) is 28.6 Å². The summed E-state index contributed by atoms with van der Waals surface area (Å²) in [5.41, 5.74) is 2.09. The maximum Gasteiger partial charge on any atom is 0.174 e. The van der Waals surface area contributed by atoms with Gasteiger partial charge in [0.15, 0.2) is 5.79 Å². The predicted octanol–water partition coefficient (Wildman–Crippen LogP) is 4.05. The van der Waals surface area contributed by atoms with Gasteiger partial charge < -0.3 is 14.6 Å². The fraction of sp³-hybridized carbons (Fsp3) is 0.905. The zero-order valence-corrected chi connectivity index (χ0v) is 15.2.